The average Bonchev–Trinajstić information content (AvgIpc) is 2.18. The first-order valence-corrected chi connectivity index (χ1v) is 5.22. The Kier molecular flexibility index (Phi) is 4.35. The maximum absolute atomic E-state index is 7.44. The van der Waals surface area contributed by atoms with Crippen molar-refractivity contribution in [2.75, 3.05) is 26.8 Å². The van der Waals surface area contributed by atoms with Crippen LogP contribution in [0.2, 0.25) is 0 Å². The first kappa shape index (κ1) is 11.5. The molecule has 1 fully saturated rings. The van der Waals surface area contributed by atoms with Gasteiger partial charge in [0.1, 0.15) is 0 Å². The average molecular weight is 199 g/mol. The van der Waals surface area contributed by atoms with Crippen LogP contribution in [-0.2, 0) is 4.74 Å². The number of nitrogens with zero attached hydrogens (tertiary/aromatic N) is 1. The summed E-state index contributed by atoms with van der Waals surface area (Å²) in [6.07, 6.45) is 2.20. The van der Waals surface area contributed by atoms with Gasteiger partial charge in [-0.15, -0.1) is 0 Å². The molecule has 1 saturated heterocycles. The van der Waals surface area contributed by atoms with E-state index in [1.165, 1.54) is 0 Å². The van der Waals surface area contributed by atoms with E-state index in [4.69, 9.17) is 15.9 Å². The zero-order chi connectivity index (χ0) is 10.6. The number of likely N-dealkylation sites (tertiary alicyclic amines) is 1. The number of hydrogen-bond acceptors (Lipinski definition) is 3. The van der Waals surface area contributed by atoms with Gasteiger partial charge < -0.3 is 10.5 Å². The van der Waals surface area contributed by atoms with Gasteiger partial charge in [-0.1, -0.05) is 0 Å². The van der Waals surface area contributed by atoms with E-state index in [9.17, 15) is 0 Å². The fourth-order valence-electron chi connectivity index (χ4n) is 2.01. The number of amidine groups is 1. The summed E-state index contributed by atoms with van der Waals surface area (Å²) in [5, 5.41) is 7.44. The van der Waals surface area contributed by atoms with Crippen LogP contribution in [0.4, 0.5) is 0 Å². The van der Waals surface area contributed by atoms with Gasteiger partial charge in [-0.3, -0.25) is 10.3 Å². The summed E-state index contributed by atoms with van der Waals surface area (Å²) < 4.78 is 5.13. The van der Waals surface area contributed by atoms with Crippen LogP contribution in [0.15, 0.2) is 0 Å². The Hall–Kier alpha value is -0.610. The van der Waals surface area contributed by atoms with Gasteiger partial charge in [0.05, 0.1) is 12.4 Å². The predicted octanol–water partition coefficient (Wildman–Crippen LogP) is 0.669. The summed E-state index contributed by atoms with van der Waals surface area (Å²) in [4.78, 5) is 2.36. The Morgan fingerprint density at radius 2 is 2.43 bits per heavy atom. The molecule has 0 amide bonds. The smallest absolute Gasteiger partial charge is 0.0949 e. The third-order valence-electron chi connectivity index (χ3n) is 2.92. The zero-order valence-electron chi connectivity index (χ0n) is 9.12. The monoisotopic (exact) mass is 199 g/mol. The molecule has 0 saturated carbocycles. The molecule has 4 heteroatoms. The maximum Gasteiger partial charge on any atom is 0.0949 e. The van der Waals surface area contributed by atoms with Crippen LogP contribution < -0.4 is 5.73 Å². The largest absolute Gasteiger partial charge is 0.387 e. The van der Waals surface area contributed by atoms with Crippen molar-refractivity contribution < 1.29 is 4.74 Å². The summed E-state index contributed by atoms with van der Waals surface area (Å²) in [5.41, 5.74) is 5.53. The molecule has 1 aliphatic rings. The van der Waals surface area contributed by atoms with Crippen LogP contribution in [0.1, 0.15) is 19.8 Å². The Bertz CT molecular complexity index is 196. The molecule has 1 heterocycles. The van der Waals surface area contributed by atoms with Crippen molar-refractivity contribution in [1.82, 2.24) is 4.90 Å². The molecular formula is C10H21N3O. The SMILES string of the molecule is COCC(C)N1CCCC(C(=N)N)C1. The van der Waals surface area contributed by atoms with Gasteiger partial charge in [0.25, 0.3) is 0 Å². The highest BCUT2D eigenvalue weighted by Gasteiger charge is 2.24. The lowest BCUT2D eigenvalue weighted by molar-refractivity contribution is 0.0781. The molecule has 14 heavy (non-hydrogen) atoms. The Balaban J connectivity index is 2.43. The molecule has 0 spiro atoms. The molecule has 82 valence electrons. The Morgan fingerprint density at radius 1 is 1.71 bits per heavy atom. The van der Waals surface area contributed by atoms with Crippen LogP contribution in [0.3, 0.4) is 0 Å². The Labute approximate surface area is 85.9 Å². The third kappa shape index (κ3) is 2.96. The van der Waals surface area contributed by atoms with E-state index in [1.54, 1.807) is 7.11 Å². The molecule has 0 radical (unpaired) electrons. The zero-order valence-corrected chi connectivity index (χ0v) is 9.12. The predicted molar refractivity (Wildman–Crippen MR) is 57.5 cm³/mol. The van der Waals surface area contributed by atoms with Crippen LogP contribution in [0, 0.1) is 11.3 Å². The fourth-order valence-corrected chi connectivity index (χ4v) is 2.01. The summed E-state index contributed by atoms with van der Waals surface area (Å²) in [5.74, 6) is 0.586. The number of nitrogens with one attached hydrogen (secondary N) is 1. The van der Waals surface area contributed by atoms with Gasteiger partial charge in [0.2, 0.25) is 0 Å². The van der Waals surface area contributed by atoms with Crippen LogP contribution in [-0.4, -0.2) is 43.6 Å². The second-order valence-electron chi connectivity index (χ2n) is 4.09. The number of hydrogen-bond donors (Lipinski definition) is 2. The molecule has 2 atom stereocenters. The second-order valence-corrected chi connectivity index (χ2v) is 4.09. The molecule has 3 N–H and O–H groups in total. The fraction of sp³-hybridized carbons (Fsp3) is 0.900. The summed E-state index contributed by atoms with van der Waals surface area (Å²) in [6, 6.07) is 0.433. The summed E-state index contributed by atoms with van der Waals surface area (Å²) in [7, 11) is 1.73. The number of nitrogens with two attached hydrogens (primary N) is 1. The molecule has 1 rings (SSSR count). The van der Waals surface area contributed by atoms with E-state index in [-0.39, 0.29) is 5.92 Å². The summed E-state index contributed by atoms with van der Waals surface area (Å²) in [6.45, 7) is 4.94. The van der Waals surface area contributed by atoms with E-state index in [0.717, 1.165) is 32.5 Å². The van der Waals surface area contributed by atoms with E-state index in [2.05, 4.69) is 11.8 Å². The van der Waals surface area contributed by atoms with Gasteiger partial charge in [-0.05, 0) is 26.3 Å². The van der Waals surface area contributed by atoms with Crippen LogP contribution in [0.25, 0.3) is 0 Å². The quantitative estimate of drug-likeness (QED) is 0.516. The van der Waals surface area contributed by atoms with E-state index in [1.807, 2.05) is 0 Å². The maximum atomic E-state index is 7.44. The third-order valence-corrected chi connectivity index (χ3v) is 2.92. The minimum Gasteiger partial charge on any atom is -0.387 e. The number of methoxy groups -OCH3 is 1. The van der Waals surface area contributed by atoms with Gasteiger partial charge in [0, 0.05) is 25.6 Å². The normalized spacial score (nSPS) is 26.0. The van der Waals surface area contributed by atoms with Crippen LogP contribution in [0.5, 0.6) is 0 Å². The van der Waals surface area contributed by atoms with Crippen molar-refractivity contribution in [3.05, 3.63) is 0 Å². The molecule has 1 aliphatic heterocycles. The lowest BCUT2D eigenvalue weighted by atomic mass is 9.96. The number of rotatable bonds is 4. The first-order chi connectivity index (χ1) is 6.65. The van der Waals surface area contributed by atoms with Crippen molar-refractivity contribution in [3.8, 4) is 0 Å². The first-order valence-electron chi connectivity index (χ1n) is 5.22. The van der Waals surface area contributed by atoms with E-state index >= 15 is 0 Å². The lowest BCUT2D eigenvalue weighted by Gasteiger charge is -2.36. The molecule has 0 bridgehead atoms. The minimum atomic E-state index is 0.253. The molecule has 2 unspecified atom stereocenters. The number of piperidine rings is 1. The van der Waals surface area contributed by atoms with Crippen molar-refractivity contribution in [3.63, 3.8) is 0 Å². The van der Waals surface area contributed by atoms with Crippen LogP contribution >= 0.6 is 0 Å². The second kappa shape index (κ2) is 5.32. The van der Waals surface area contributed by atoms with Crippen molar-refractivity contribution >= 4 is 5.84 Å². The van der Waals surface area contributed by atoms with E-state index in [0.29, 0.717) is 11.9 Å². The van der Waals surface area contributed by atoms with Gasteiger partial charge in [-0.25, -0.2) is 0 Å². The van der Waals surface area contributed by atoms with E-state index < -0.39 is 0 Å². The Morgan fingerprint density at radius 3 is 3.00 bits per heavy atom. The van der Waals surface area contributed by atoms with Gasteiger partial charge in [0.15, 0.2) is 0 Å². The minimum absolute atomic E-state index is 0.253. The summed E-state index contributed by atoms with van der Waals surface area (Å²) >= 11 is 0. The van der Waals surface area contributed by atoms with Crippen molar-refractivity contribution in [1.29, 1.82) is 5.41 Å². The topological polar surface area (TPSA) is 62.3 Å². The molecule has 0 aromatic heterocycles. The molecule has 4 nitrogen and oxygen atoms in total. The number of ether oxygens (including phenoxy) is 1. The standard InChI is InChI=1S/C10H21N3O/c1-8(7-14-2)13-5-3-4-9(6-13)10(11)12/h8-9H,3-7H2,1-2H3,(H3,11,12). The molecule has 0 aromatic rings. The highest BCUT2D eigenvalue weighted by molar-refractivity contribution is 5.79. The van der Waals surface area contributed by atoms with Gasteiger partial charge in [-0.2, -0.15) is 0 Å². The highest BCUT2D eigenvalue weighted by atomic mass is 16.5. The molecular weight excluding hydrogens is 178 g/mol. The van der Waals surface area contributed by atoms with Crippen molar-refractivity contribution in [2.24, 2.45) is 11.7 Å². The highest BCUT2D eigenvalue weighted by Crippen LogP contribution is 2.18. The molecule has 0 aromatic carbocycles. The molecule has 0 aliphatic carbocycles. The van der Waals surface area contributed by atoms with Gasteiger partial charge >= 0.3 is 0 Å². The van der Waals surface area contributed by atoms with Crippen molar-refractivity contribution in [2.45, 2.75) is 25.8 Å². The lowest BCUT2D eigenvalue weighted by Crippen LogP contribution is -2.46.